The third kappa shape index (κ3) is 3.60. The van der Waals surface area contributed by atoms with Gasteiger partial charge < -0.3 is 9.52 Å². The number of para-hydroxylation sites is 2. The molecule has 4 heteroatoms. The molecule has 1 aromatic heterocycles. The van der Waals surface area contributed by atoms with Crippen molar-refractivity contribution >= 4 is 11.1 Å². The quantitative estimate of drug-likeness (QED) is 0.781. The predicted octanol–water partition coefficient (Wildman–Crippen LogP) is 4.05. The first-order valence-corrected chi connectivity index (χ1v) is 9.01. The number of hydrogen-bond donors (Lipinski definition) is 1. The topological polar surface area (TPSA) is 49.5 Å². The highest BCUT2D eigenvalue weighted by Gasteiger charge is 2.26. The number of oxazole rings is 1. The smallest absolute Gasteiger partial charge is 0.199 e. The van der Waals surface area contributed by atoms with Gasteiger partial charge in [-0.2, -0.15) is 0 Å². The zero-order chi connectivity index (χ0) is 17.2. The number of aliphatic hydroxyl groups is 1. The lowest BCUT2D eigenvalue weighted by molar-refractivity contribution is 0.0923. The predicted molar refractivity (Wildman–Crippen MR) is 98.6 cm³/mol. The van der Waals surface area contributed by atoms with E-state index in [1.807, 2.05) is 36.4 Å². The number of β-amino-alcohol motifs (C(OH)–C–C–N with tert-alkyl or cyclic N) is 1. The minimum Gasteiger partial charge on any atom is -0.440 e. The van der Waals surface area contributed by atoms with E-state index in [0.717, 1.165) is 48.5 Å². The molecule has 0 saturated carbocycles. The van der Waals surface area contributed by atoms with Crippen molar-refractivity contribution in [3.63, 3.8) is 0 Å². The second-order valence-corrected chi connectivity index (χ2v) is 7.05. The zero-order valence-electron chi connectivity index (χ0n) is 14.6. The van der Waals surface area contributed by atoms with Crippen molar-refractivity contribution in [1.82, 2.24) is 9.88 Å². The normalized spacial score (nSPS) is 20.0. The van der Waals surface area contributed by atoms with Crippen molar-refractivity contribution in [3.8, 4) is 0 Å². The molecule has 1 fully saturated rings. The molecule has 2 unspecified atom stereocenters. The lowest BCUT2D eigenvalue weighted by Gasteiger charge is -2.32. The minimum absolute atomic E-state index is 0.298. The number of fused-ring (bicyclic) bond motifs is 1. The first-order chi connectivity index (χ1) is 12.2. The molecule has 0 bridgehead atoms. The van der Waals surface area contributed by atoms with Gasteiger partial charge in [0.05, 0.1) is 6.10 Å². The van der Waals surface area contributed by atoms with Crippen molar-refractivity contribution in [2.24, 2.45) is 0 Å². The zero-order valence-corrected chi connectivity index (χ0v) is 14.6. The van der Waals surface area contributed by atoms with Gasteiger partial charge in [-0.15, -0.1) is 0 Å². The molecule has 2 aromatic carbocycles. The van der Waals surface area contributed by atoms with Crippen LogP contribution in [0.3, 0.4) is 0 Å². The number of benzene rings is 2. The largest absolute Gasteiger partial charge is 0.440 e. The summed E-state index contributed by atoms with van der Waals surface area (Å²) in [7, 11) is 0. The summed E-state index contributed by atoms with van der Waals surface area (Å²) in [4.78, 5) is 6.99. The Morgan fingerprint density at radius 1 is 1.20 bits per heavy atom. The second kappa shape index (κ2) is 6.98. The number of nitrogens with zero attached hydrogens (tertiary/aromatic N) is 2. The Kier molecular flexibility index (Phi) is 4.55. The average molecular weight is 336 g/mol. The molecule has 0 radical (unpaired) electrons. The van der Waals surface area contributed by atoms with Gasteiger partial charge in [0.25, 0.3) is 0 Å². The Morgan fingerprint density at radius 3 is 2.80 bits per heavy atom. The maximum Gasteiger partial charge on any atom is 0.199 e. The van der Waals surface area contributed by atoms with E-state index < -0.39 is 6.10 Å². The average Bonchev–Trinajstić information content (AvgIpc) is 3.07. The van der Waals surface area contributed by atoms with Gasteiger partial charge in [0, 0.05) is 19.0 Å². The van der Waals surface area contributed by atoms with Crippen molar-refractivity contribution in [1.29, 1.82) is 0 Å². The van der Waals surface area contributed by atoms with Crippen LogP contribution in [0.1, 0.15) is 41.9 Å². The Balaban J connectivity index is 1.44. The monoisotopic (exact) mass is 336 g/mol. The van der Waals surface area contributed by atoms with Crippen molar-refractivity contribution < 1.29 is 9.52 Å². The molecular weight excluding hydrogens is 312 g/mol. The van der Waals surface area contributed by atoms with Gasteiger partial charge in [-0.05, 0) is 44.0 Å². The van der Waals surface area contributed by atoms with E-state index in [-0.39, 0.29) is 0 Å². The summed E-state index contributed by atoms with van der Waals surface area (Å²) >= 11 is 0. The summed E-state index contributed by atoms with van der Waals surface area (Å²) in [5, 5.41) is 10.6. The molecule has 2 atom stereocenters. The van der Waals surface area contributed by atoms with E-state index in [9.17, 15) is 5.11 Å². The molecule has 0 aliphatic carbocycles. The number of aliphatic hydroxyl groups excluding tert-OH is 1. The van der Waals surface area contributed by atoms with Gasteiger partial charge in [0.1, 0.15) is 5.52 Å². The summed E-state index contributed by atoms with van der Waals surface area (Å²) in [6.07, 6.45) is 1.73. The summed E-state index contributed by atoms with van der Waals surface area (Å²) < 4.78 is 5.96. The van der Waals surface area contributed by atoms with Crippen LogP contribution in [0.4, 0.5) is 0 Å². The SMILES string of the molecule is Cc1ccc(C(O)CN2CCCC(c3nc4ccccc4o3)C2)cc1. The highest BCUT2D eigenvalue weighted by molar-refractivity contribution is 5.72. The second-order valence-electron chi connectivity index (χ2n) is 7.05. The Bertz CT molecular complexity index is 807. The molecule has 25 heavy (non-hydrogen) atoms. The number of rotatable bonds is 4. The molecule has 4 nitrogen and oxygen atoms in total. The van der Waals surface area contributed by atoms with Crippen LogP contribution in [0.15, 0.2) is 52.9 Å². The Hall–Kier alpha value is -2.17. The van der Waals surface area contributed by atoms with Crippen LogP contribution in [0.2, 0.25) is 0 Å². The van der Waals surface area contributed by atoms with Crippen molar-refractivity contribution in [2.75, 3.05) is 19.6 Å². The first kappa shape index (κ1) is 16.3. The van der Waals surface area contributed by atoms with Crippen LogP contribution >= 0.6 is 0 Å². The Morgan fingerprint density at radius 2 is 2.00 bits per heavy atom. The highest BCUT2D eigenvalue weighted by Crippen LogP contribution is 2.29. The first-order valence-electron chi connectivity index (χ1n) is 9.01. The van der Waals surface area contributed by atoms with Gasteiger partial charge in [0.2, 0.25) is 0 Å². The van der Waals surface area contributed by atoms with Crippen LogP contribution < -0.4 is 0 Å². The molecule has 3 aromatic rings. The number of aromatic nitrogens is 1. The molecule has 1 aliphatic rings. The van der Waals surface area contributed by atoms with Gasteiger partial charge in [0.15, 0.2) is 11.5 Å². The third-order valence-electron chi connectivity index (χ3n) is 5.06. The Labute approximate surface area is 148 Å². The summed E-state index contributed by atoms with van der Waals surface area (Å²) in [5.74, 6) is 1.13. The van der Waals surface area contributed by atoms with Crippen LogP contribution in [0.25, 0.3) is 11.1 Å². The molecule has 2 heterocycles. The van der Waals surface area contributed by atoms with Gasteiger partial charge in [-0.3, -0.25) is 4.90 Å². The summed E-state index contributed by atoms with van der Waals surface area (Å²) in [6, 6.07) is 16.1. The lowest BCUT2D eigenvalue weighted by atomic mass is 9.97. The minimum atomic E-state index is -0.456. The van der Waals surface area contributed by atoms with Crippen LogP contribution in [-0.4, -0.2) is 34.6 Å². The molecular formula is C21H24N2O2. The molecule has 130 valence electrons. The fraction of sp³-hybridized carbons (Fsp3) is 0.381. The molecule has 1 aliphatic heterocycles. The molecule has 4 rings (SSSR count). The van der Waals surface area contributed by atoms with E-state index in [1.54, 1.807) is 0 Å². The molecule has 1 saturated heterocycles. The van der Waals surface area contributed by atoms with Crippen LogP contribution in [-0.2, 0) is 0 Å². The van der Waals surface area contributed by atoms with Gasteiger partial charge in [-0.25, -0.2) is 4.98 Å². The maximum atomic E-state index is 10.6. The van der Waals surface area contributed by atoms with E-state index >= 15 is 0 Å². The van der Waals surface area contributed by atoms with Gasteiger partial charge in [-0.1, -0.05) is 42.0 Å². The number of aryl methyl sites for hydroxylation is 1. The number of piperidine rings is 1. The highest BCUT2D eigenvalue weighted by atomic mass is 16.3. The number of likely N-dealkylation sites (tertiary alicyclic amines) is 1. The lowest BCUT2D eigenvalue weighted by Crippen LogP contribution is -2.37. The fourth-order valence-corrected chi connectivity index (χ4v) is 3.63. The van der Waals surface area contributed by atoms with Crippen LogP contribution in [0.5, 0.6) is 0 Å². The molecule has 0 spiro atoms. The van der Waals surface area contributed by atoms with Crippen LogP contribution in [0, 0.1) is 6.92 Å². The van der Waals surface area contributed by atoms with E-state index in [0.29, 0.717) is 12.5 Å². The molecule has 0 amide bonds. The standard InChI is InChI=1S/C21H24N2O2/c1-15-8-10-16(11-9-15)19(24)14-23-12-4-5-17(13-23)21-22-18-6-2-3-7-20(18)25-21/h2-3,6-11,17,19,24H,4-5,12-14H2,1H3. The third-order valence-corrected chi connectivity index (χ3v) is 5.06. The van der Waals surface area contributed by atoms with Crippen molar-refractivity contribution in [2.45, 2.75) is 31.8 Å². The van der Waals surface area contributed by atoms with Crippen molar-refractivity contribution in [3.05, 3.63) is 65.5 Å². The van der Waals surface area contributed by atoms with E-state index in [4.69, 9.17) is 4.42 Å². The van der Waals surface area contributed by atoms with Gasteiger partial charge >= 0.3 is 0 Å². The van der Waals surface area contributed by atoms with E-state index in [2.05, 4.69) is 28.9 Å². The summed E-state index contributed by atoms with van der Waals surface area (Å²) in [5.41, 5.74) is 3.98. The number of hydrogen-bond acceptors (Lipinski definition) is 4. The summed E-state index contributed by atoms with van der Waals surface area (Å²) in [6.45, 7) is 4.61. The van der Waals surface area contributed by atoms with E-state index in [1.165, 1.54) is 5.56 Å². The maximum absolute atomic E-state index is 10.6. The molecule has 1 N–H and O–H groups in total. The fourth-order valence-electron chi connectivity index (χ4n) is 3.63.